The van der Waals surface area contributed by atoms with Crippen molar-refractivity contribution in [2.75, 3.05) is 32.8 Å². The molecule has 0 aromatic heterocycles. The summed E-state index contributed by atoms with van der Waals surface area (Å²) in [5.74, 6) is 0.179. The first kappa shape index (κ1) is 27.1. The van der Waals surface area contributed by atoms with Gasteiger partial charge in [-0.15, -0.1) is 0 Å². The van der Waals surface area contributed by atoms with Gasteiger partial charge in [0.2, 0.25) is 5.91 Å². The van der Waals surface area contributed by atoms with Crippen LogP contribution in [0.15, 0.2) is 72.8 Å². The van der Waals surface area contributed by atoms with Crippen LogP contribution >= 0.6 is 0 Å². The molecule has 0 atom stereocenters. The fourth-order valence-corrected chi connectivity index (χ4v) is 5.52. The average molecular weight is 499 g/mol. The van der Waals surface area contributed by atoms with Crippen LogP contribution in [0.25, 0.3) is 11.1 Å². The molecule has 1 aliphatic heterocycles. The highest BCUT2D eigenvalue weighted by atomic mass is 16.5. The Morgan fingerprint density at radius 2 is 1.59 bits per heavy atom. The van der Waals surface area contributed by atoms with Crippen molar-refractivity contribution in [2.45, 2.75) is 53.0 Å². The van der Waals surface area contributed by atoms with Crippen LogP contribution in [0, 0.1) is 19.3 Å². The van der Waals surface area contributed by atoms with Gasteiger partial charge in [-0.25, -0.2) is 0 Å². The van der Waals surface area contributed by atoms with Crippen molar-refractivity contribution >= 4 is 5.91 Å². The largest absolute Gasteiger partial charge is 0.381 e. The zero-order valence-corrected chi connectivity index (χ0v) is 22.8. The van der Waals surface area contributed by atoms with E-state index in [9.17, 15) is 4.79 Å². The van der Waals surface area contributed by atoms with Gasteiger partial charge >= 0.3 is 0 Å². The second-order valence-corrected chi connectivity index (χ2v) is 10.6. The lowest BCUT2D eigenvalue weighted by Gasteiger charge is -2.36. The van der Waals surface area contributed by atoms with E-state index >= 15 is 0 Å². The number of nitrogens with zero attached hydrogens (tertiary/aromatic N) is 1. The Morgan fingerprint density at radius 1 is 0.892 bits per heavy atom. The molecule has 3 aromatic rings. The standard InChI is InChI=1S/C33H42N2O2/c1-4-35(25-28-10-6-5-7-11-28)17-9-16-34-32(36)33(14-18-37-19-15-33)24-29-12-8-13-30(23-29)31-21-26(2)20-27(3)22-31/h5-8,10-13,20-23H,4,9,14-19,24-25H2,1-3H3,(H,34,36). The summed E-state index contributed by atoms with van der Waals surface area (Å²) in [6, 6.07) is 26.0. The Balaban J connectivity index is 1.38. The quantitative estimate of drug-likeness (QED) is 0.314. The Morgan fingerprint density at radius 3 is 2.30 bits per heavy atom. The normalized spacial score (nSPS) is 15.0. The molecule has 4 heteroatoms. The first-order valence-corrected chi connectivity index (χ1v) is 13.8. The molecule has 0 aliphatic carbocycles. The predicted octanol–water partition coefficient (Wildman–Crippen LogP) is 6.34. The molecular formula is C33H42N2O2. The van der Waals surface area contributed by atoms with Crippen LogP contribution in [0.1, 0.15) is 48.4 Å². The molecule has 1 N–H and O–H groups in total. The number of amides is 1. The molecule has 3 aromatic carbocycles. The van der Waals surface area contributed by atoms with Crippen molar-refractivity contribution < 1.29 is 9.53 Å². The predicted molar refractivity (Wildman–Crippen MR) is 153 cm³/mol. The van der Waals surface area contributed by atoms with Crippen molar-refractivity contribution in [1.29, 1.82) is 0 Å². The Bertz CT molecular complexity index is 1130. The smallest absolute Gasteiger partial charge is 0.226 e. The van der Waals surface area contributed by atoms with E-state index in [1.165, 1.54) is 33.4 Å². The zero-order chi connectivity index (χ0) is 26.1. The minimum absolute atomic E-state index is 0.179. The van der Waals surface area contributed by atoms with E-state index in [2.05, 4.69) is 104 Å². The van der Waals surface area contributed by atoms with Crippen LogP contribution in [0.3, 0.4) is 0 Å². The highest BCUT2D eigenvalue weighted by Crippen LogP contribution is 2.36. The van der Waals surface area contributed by atoms with E-state index in [0.29, 0.717) is 19.8 Å². The lowest BCUT2D eigenvalue weighted by molar-refractivity contribution is -0.136. The summed E-state index contributed by atoms with van der Waals surface area (Å²) in [6.07, 6.45) is 3.22. The van der Waals surface area contributed by atoms with E-state index < -0.39 is 5.41 Å². The third kappa shape index (κ3) is 7.53. The van der Waals surface area contributed by atoms with E-state index in [4.69, 9.17) is 4.74 Å². The van der Waals surface area contributed by atoms with Gasteiger partial charge in [0.05, 0.1) is 5.41 Å². The van der Waals surface area contributed by atoms with Crippen molar-refractivity contribution in [3.8, 4) is 11.1 Å². The van der Waals surface area contributed by atoms with Crippen LogP contribution < -0.4 is 5.32 Å². The monoisotopic (exact) mass is 498 g/mol. The van der Waals surface area contributed by atoms with Gasteiger partial charge in [-0.05, 0) is 68.3 Å². The van der Waals surface area contributed by atoms with Crippen molar-refractivity contribution in [3.63, 3.8) is 0 Å². The third-order valence-electron chi connectivity index (χ3n) is 7.59. The Labute approximate surface area is 223 Å². The Kier molecular flexibility index (Phi) is 9.54. The summed E-state index contributed by atoms with van der Waals surface area (Å²) < 4.78 is 5.67. The molecule has 4 nitrogen and oxygen atoms in total. The number of hydrogen-bond donors (Lipinski definition) is 1. The number of ether oxygens (including phenoxy) is 1. The van der Waals surface area contributed by atoms with Crippen LogP contribution in [0.5, 0.6) is 0 Å². The van der Waals surface area contributed by atoms with Gasteiger partial charge in [0.25, 0.3) is 0 Å². The van der Waals surface area contributed by atoms with Crippen LogP contribution in [0.2, 0.25) is 0 Å². The van der Waals surface area contributed by atoms with E-state index in [1.54, 1.807) is 0 Å². The SMILES string of the molecule is CCN(CCCNC(=O)C1(Cc2cccc(-c3cc(C)cc(C)c3)c2)CCOCC1)Cc1ccccc1. The number of hydrogen-bond acceptors (Lipinski definition) is 3. The molecule has 196 valence electrons. The molecule has 37 heavy (non-hydrogen) atoms. The number of carbonyl (C=O) groups excluding carboxylic acids is 1. The Hall–Kier alpha value is -2.95. The molecule has 1 heterocycles. The summed E-state index contributed by atoms with van der Waals surface area (Å²) in [5, 5.41) is 3.30. The summed E-state index contributed by atoms with van der Waals surface area (Å²) in [6.45, 7) is 11.4. The average Bonchev–Trinajstić information content (AvgIpc) is 2.91. The topological polar surface area (TPSA) is 41.6 Å². The van der Waals surface area contributed by atoms with Gasteiger partial charge in [0, 0.05) is 32.8 Å². The molecule has 1 amide bonds. The van der Waals surface area contributed by atoms with Gasteiger partial charge in [-0.1, -0.05) is 90.8 Å². The minimum Gasteiger partial charge on any atom is -0.381 e. The molecule has 0 radical (unpaired) electrons. The maximum atomic E-state index is 13.6. The summed E-state index contributed by atoms with van der Waals surface area (Å²) in [4.78, 5) is 16.0. The van der Waals surface area contributed by atoms with E-state index in [0.717, 1.165) is 45.3 Å². The van der Waals surface area contributed by atoms with Crippen LogP contribution in [-0.2, 0) is 22.5 Å². The first-order valence-electron chi connectivity index (χ1n) is 13.8. The van der Waals surface area contributed by atoms with Gasteiger partial charge < -0.3 is 10.1 Å². The number of carbonyl (C=O) groups is 1. The molecular weight excluding hydrogens is 456 g/mol. The number of nitrogens with one attached hydrogen (secondary N) is 1. The maximum absolute atomic E-state index is 13.6. The lowest BCUT2D eigenvalue weighted by Crippen LogP contribution is -2.46. The van der Waals surface area contributed by atoms with Crippen LogP contribution in [-0.4, -0.2) is 43.7 Å². The van der Waals surface area contributed by atoms with E-state index in [1.807, 2.05) is 0 Å². The molecule has 4 rings (SSSR count). The molecule has 0 bridgehead atoms. The molecule has 1 fully saturated rings. The highest BCUT2D eigenvalue weighted by Gasteiger charge is 2.40. The number of aryl methyl sites for hydroxylation is 2. The molecule has 0 spiro atoms. The van der Waals surface area contributed by atoms with Crippen molar-refractivity contribution in [1.82, 2.24) is 10.2 Å². The van der Waals surface area contributed by atoms with Crippen molar-refractivity contribution in [2.24, 2.45) is 5.41 Å². The molecule has 0 saturated carbocycles. The summed E-state index contributed by atoms with van der Waals surface area (Å²) in [5.41, 5.74) is 7.13. The number of benzene rings is 3. The van der Waals surface area contributed by atoms with Gasteiger partial charge in [-0.2, -0.15) is 0 Å². The second kappa shape index (κ2) is 13.0. The molecule has 0 unspecified atom stereocenters. The maximum Gasteiger partial charge on any atom is 0.226 e. The minimum atomic E-state index is -0.409. The summed E-state index contributed by atoms with van der Waals surface area (Å²) >= 11 is 0. The van der Waals surface area contributed by atoms with Crippen LogP contribution in [0.4, 0.5) is 0 Å². The van der Waals surface area contributed by atoms with Crippen molar-refractivity contribution in [3.05, 3.63) is 95.1 Å². The fourth-order valence-electron chi connectivity index (χ4n) is 5.52. The number of rotatable bonds is 11. The van der Waals surface area contributed by atoms with Gasteiger partial charge in [0.1, 0.15) is 0 Å². The lowest BCUT2D eigenvalue weighted by atomic mass is 9.74. The fraction of sp³-hybridized carbons (Fsp3) is 0.424. The zero-order valence-electron chi connectivity index (χ0n) is 22.8. The highest BCUT2D eigenvalue weighted by molar-refractivity contribution is 5.83. The molecule has 1 saturated heterocycles. The summed E-state index contributed by atoms with van der Waals surface area (Å²) in [7, 11) is 0. The van der Waals surface area contributed by atoms with E-state index in [-0.39, 0.29) is 5.91 Å². The van der Waals surface area contributed by atoms with Gasteiger partial charge in [0.15, 0.2) is 0 Å². The van der Waals surface area contributed by atoms with Gasteiger partial charge in [-0.3, -0.25) is 9.69 Å². The first-order chi connectivity index (χ1) is 18.0. The second-order valence-electron chi connectivity index (χ2n) is 10.6. The molecule has 1 aliphatic rings. The third-order valence-corrected chi connectivity index (χ3v) is 7.59.